The van der Waals surface area contributed by atoms with Crippen molar-refractivity contribution in [2.24, 2.45) is 5.92 Å². The van der Waals surface area contributed by atoms with Crippen LogP contribution in [0.1, 0.15) is 22.7 Å². The Morgan fingerprint density at radius 1 is 0.812 bits per heavy atom. The summed E-state index contributed by atoms with van der Waals surface area (Å²) in [5.41, 5.74) is 4.35. The number of rotatable bonds is 4. The van der Waals surface area contributed by atoms with Crippen LogP contribution >= 0.6 is 0 Å². The first-order chi connectivity index (χ1) is 15.5. The highest BCUT2D eigenvalue weighted by Crippen LogP contribution is 2.48. The van der Waals surface area contributed by atoms with E-state index in [-0.39, 0.29) is 11.8 Å². The van der Waals surface area contributed by atoms with Gasteiger partial charge in [0.05, 0.1) is 24.5 Å². The minimum Gasteiger partial charge on any atom is -0.497 e. The number of aryl methyl sites for hydroxylation is 2. The number of nitrogens with zero attached hydrogens (tertiary/aromatic N) is 2. The van der Waals surface area contributed by atoms with E-state index in [0.717, 1.165) is 22.4 Å². The average Bonchev–Trinajstić information content (AvgIpc) is 3.32. The van der Waals surface area contributed by atoms with Gasteiger partial charge in [-0.1, -0.05) is 36.4 Å². The van der Waals surface area contributed by atoms with Crippen LogP contribution in [-0.4, -0.2) is 25.0 Å². The highest BCUT2D eigenvalue weighted by atomic mass is 16.7. The number of amides is 2. The fourth-order valence-electron chi connectivity index (χ4n) is 4.50. The smallest absolute Gasteiger partial charge is 0.266 e. The maximum absolute atomic E-state index is 13.7. The van der Waals surface area contributed by atoms with E-state index >= 15 is 0 Å². The largest absolute Gasteiger partial charge is 0.497 e. The Morgan fingerprint density at radius 2 is 1.59 bits per heavy atom. The van der Waals surface area contributed by atoms with Crippen molar-refractivity contribution < 1.29 is 19.2 Å². The number of hydrogen-bond donors (Lipinski definition) is 0. The van der Waals surface area contributed by atoms with E-state index in [0.29, 0.717) is 11.4 Å². The monoisotopic (exact) mass is 428 g/mol. The maximum Gasteiger partial charge on any atom is 0.266 e. The second-order valence-electron chi connectivity index (χ2n) is 8.22. The van der Waals surface area contributed by atoms with Gasteiger partial charge < -0.3 is 4.74 Å². The number of hydroxylamine groups is 1. The van der Waals surface area contributed by atoms with Crippen LogP contribution in [0.25, 0.3) is 0 Å². The molecule has 32 heavy (non-hydrogen) atoms. The van der Waals surface area contributed by atoms with Crippen molar-refractivity contribution in [2.45, 2.75) is 26.0 Å². The molecular weight excluding hydrogens is 404 g/mol. The van der Waals surface area contributed by atoms with E-state index in [1.54, 1.807) is 12.2 Å². The molecule has 2 fully saturated rings. The number of hydrogen-bond acceptors (Lipinski definition) is 5. The third-order valence-electron chi connectivity index (χ3n) is 6.31. The number of carbonyl (C=O) groups is 2. The van der Waals surface area contributed by atoms with Crippen LogP contribution < -0.4 is 14.7 Å². The van der Waals surface area contributed by atoms with Crippen LogP contribution in [0.4, 0.5) is 11.4 Å². The molecule has 3 atom stereocenters. The predicted molar refractivity (Wildman–Crippen MR) is 121 cm³/mol. The summed E-state index contributed by atoms with van der Waals surface area (Å²) in [6.07, 6.45) is -0.888. The van der Waals surface area contributed by atoms with Crippen LogP contribution in [0.15, 0.2) is 72.8 Å². The first-order valence-electron chi connectivity index (χ1n) is 10.6. The second-order valence-corrected chi connectivity index (χ2v) is 8.22. The van der Waals surface area contributed by atoms with E-state index in [9.17, 15) is 9.59 Å². The molecule has 2 aliphatic rings. The topological polar surface area (TPSA) is 59.1 Å². The zero-order valence-corrected chi connectivity index (χ0v) is 18.2. The molecular formula is C26H24N2O4. The predicted octanol–water partition coefficient (Wildman–Crippen LogP) is 4.36. The van der Waals surface area contributed by atoms with Crippen molar-refractivity contribution in [3.63, 3.8) is 0 Å². The van der Waals surface area contributed by atoms with Gasteiger partial charge in [0.2, 0.25) is 5.91 Å². The molecule has 162 valence electrons. The van der Waals surface area contributed by atoms with E-state index in [4.69, 9.17) is 9.57 Å². The molecule has 3 aromatic carbocycles. The second kappa shape index (κ2) is 7.80. The van der Waals surface area contributed by atoms with Gasteiger partial charge in [-0.15, -0.1) is 0 Å². The Morgan fingerprint density at radius 3 is 2.31 bits per heavy atom. The minimum atomic E-state index is -0.888. The van der Waals surface area contributed by atoms with E-state index in [2.05, 4.69) is 0 Å². The number of fused-ring (bicyclic) bond motifs is 1. The van der Waals surface area contributed by atoms with Gasteiger partial charge in [-0.2, -0.15) is 0 Å². The van der Waals surface area contributed by atoms with E-state index in [1.807, 2.05) is 86.6 Å². The molecule has 0 saturated carbocycles. The third kappa shape index (κ3) is 3.15. The number of benzene rings is 3. The van der Waals surface area contributed by atoms with Crippen molar-refractivity contribution in [1.82, 2.24) is 0 Å². The van der Waals surface area contributed by atoms with E-state index < -0.39 is 18.1 Å². The van der Waals surface area contributed by atoms with Crippen LogP contribution in [0.2, 0.25) is 0 Å². The fourth-order valence-corrected chi connectivity index (χ4v) is 4.50. The molecule has 3 aromatic rings. The number of imide groups is 1. The number of anilines is 2. The summed E-state index contributed by atoms with van der Waals surface area (Å²) in [7, 11) is 1.60. The molecule has 0 radical (unpaired) electrons. The Bertz CT molecular complexity index is 1190. The molecule has 0 spiro atoms. The molecule has 5 rings (SSSR count). The van der Waals surface area contributed by atoms with Crippen molar-refractivity contribution in [1.29, 1.82) is 0 Å². The van der Waals surface area contributed by atoms with E-state index in [1.165, 1.54) is 4.90 Å². The van der Waals surface area contributed by atoms with Gasteiger partial charge in [-0.3, -0.25) is 14.4 Å². The molecule has 0 aliphatic carbocycles. The maximum atomic E-state index is 13.7. The summed E-state index contributed by atoms with van der Waals surface area (Å²) in [6, 6.07) is 22.2. The molecule has 2 heterocycles. The van der Waals surface area contributed by atoms with Gasteiger partial charge in [0.1, 0.15) is 11.7 Å². The average molecular weight is 428 g/mol. The minimum absolute atomic E-state index is 0.255. The molecule has 0 N–H and O–H groups in total. The van der Waals surface area contributed by atoms with Gasteiger partial charge >= 0.3 is 0 Å². The Labute approximate surface area is 186 Å². The number of carbonyl (C=O) groups excluding carboxylic acids is 2. The van der Waals surface area contributed by atoms with Crippen molar-refractivity contribution in [3.05, 3.63) is 89.5 Å². The zero-order chi connectivity index (χ0) is 22.4. The summed E-state index contributed by atoms with van der Waals surface area (Å²) >= 11 is 0. The zero-order valence-electron chi connectivity index (χ0n) is 18.2. The molecule has 0 aromatic heterocycles. The van der Waals surface area contributed by atoms with Gasteiger partial charge in [0.15, 0.2) is 6.10 Å². The molecule has 2 amide bonds. The first kappa shape index (κ1) is 20.3. The van der Waals surface area contributed by atoms with Crippen LogP contribution in [0.5, 0.6) is 5.75 Å². The van der Waals surface area contributed by atoms with Gasteiger partial charge in [0, 0.05) is 0 Å². The molecule has 2 saturated heterocycles. The molecule has 0 bridgehead atoms. The SMILES string of the molecule is COc1cccc([C@H]2[C@@H]3C(=O)N(c4ccc(C)c(C)c4)C(=O)[C@H]3ON2c2ccccc2)c1. The highest BCUT2D eigenvalue weighted by Gasteiger charge is 2.60. The standard InChI is InChI=1S/C26H24N2O4/c1-16-12-13-20(14-17(16)2)27-25(29)22-23(18-8-7-11-21(15-18)31-3)28(32-24(22)26(27)30)19-9-5-4-6-10-19/h4-15,22-24H,1-3H3/t22-,23-,24-/m0/s1. The fraction of sp³-hybridized carbons (Fsp3) is 0.231. The molecule has 2 aliphatic heterocycles. The summed E-state index contributed by atoms with van der Waals surface area (Å²) in [5.74, 6) is -0.581. The number of ether oxygens (including phenoxy) is 1. The Balaban J connectivity index is 1.59. The van der Waals surface area contributed by atoms with Crippen LogP contribution in [-0.2, 0) is 14.4 Å². The molecule has 6 heteroatoms. The summed E-state index contributed by atoms with van der Waals surface area (Å²) in [4.78, 5) is 34.5. The van der Waals surface area contributed by atoms with Crippen LogP contribution in [0, 0.1) is 19.8 Å². The third-order valence-corrected chi connectivity index (χ3v) is 6.31. The van der Waals surface area contributed by atoms with Gasteiger partial charge in [-0.05, 0) is 66.9 Å². The Hall–Kier alpha value is -3.64. The normalized spacial score (nSPS) is 22.4. The summed E-state index contributed by atoms with van der Waals surface area (Å²) in [6.45, 7) is 3.97. The van der Waals surface area contributed by atoms with Gasteiger partial charge in [0.25, 0.3) is 5.91 Å². The summed E-state index contributed by atoms with van der Waals surface area (Å²) < 4.78 is 5.41. The lowest BCUT2D eigenvalue weighted by atomic mass is 9.90. The van der Waals surface area contributed by atoms with Crippen LogP contribution in [0.3, 0.4) is 0 Å². The number of methoxy groups -OCH3 is 1. The first-order valence-corrected chi connectivity index (χ1v) is 10.6. The lowest BCUT2D eigenvalue weighted by molar-refractivity contribution is -0.126. The lowest BCUT2D eigenvalue weighted by Gasteiger charge is -2.29. The van der Waals surface area contributed by atoms with Gasteiger partial charge in [-0.25, -0.2) is 9.96 Å². The quantitative estimate of drug-likeness (QED) is 0.578. The molecule has 6 nitrogen and oxygen atoms in total. The molecule has 0 unspecified atom stereocenters. The van der Waals surface area contributed by atoms with Crippen molar-refractivity contribution >= 4 is 23.2 Å². The number of para-hydroxylation sites is 1. The lowest BCUT2D eigenvalue weighted by Crippen LogP contribution is -2.37. The van der Waals surface area contributed by atoms with Crippen molar-refractivity contribution in [2.75, 3.05) is 17.1 Å². The summed E-state index contributed by atoms with van der Waals surface area (Å²) in [5, 5.41) is 1.69. The Kier molecular flexibility index (Phi) is 4.94. The van der Waals surface area contributed by atoms with Crippen molar-refractivity contribution in [3.8, 4) is 5.75 Å². The highest BCUT2D eigenvalue weighted by molar-refractivity contribution is 6.24.